The predicted octanol–water partition coefficient (Wildman–Crippen LogP) is 3.87. The van der Waals surface area contributed by atoms with Crippen LogP contribution in [0.25, 0.3) is 22.3 Å². The number of hydrogen-bond acceptors (Lipinski definition) is 5. The largest absolute Gasteiger partial charge is 0.508 e. The highest BCUT2D eigenvalue weighted by atomic mass is 19.1. The summed E-state index contributed by atoms with van der Waals surface area (Å²) in [5, 5.41) is 21.0. The van der Waals surface area contributed by atoms with Crippen molar-refractivity contribution in [3.05, 3.63) is 76.7 Å². The summed E-state index contributed by atoms with van der Waals surface area (Å²) in [6.45, 7) is 5.41. The number of hydrogen-bond donors (Lipinski definition) is 3. The van der Waals surface area contributed by atoms with Crippen LogP contribution >= 0.6 is 0 Å². The Balaban J connectivity index is 1.63. The van der Waals surface area contributed by atoms with Crippen molar-refractivity contribution in [2.45, 2.75) is 19.9 Å². The third kappa shape index (κ3) is 3.82. The number of aromatic amines is 1. The van der Waals surface area contributed by atoms with Crippen molar-refractivity contribution in [3.63, 3.8) is 0 Å². The van der Waals surface area contributed by atoms with Gasteiger partial charge in [0.15, 0.2) is 5.65 Å². The molecule has 0 bridgehead atoms. The SMILES string of the molecule is Cc1cc(O)ccc1-c1cc(C(=O)N2CCNCC2c2cccc(F)c2)c2c(C)n[nH]c2n1. The molecule has 8 heteroatoms. The topological polar surface area (TPSA) is 94.1 Å². The maximum atomic E-state index is 14.0. The van der Waals surface area contributed by atoms with E-state index < -0.39 is 0 Å². The molecule has 3 heterocycles. The number of aryl methyl sites for hydroxylation is 2. The first kappa shape index (κ1) is 21.1. The molecule has 3 N–H and O–H groups in total. The molecule has 2 aromatic heterocycles. The van der Waals surface area contributed by atoms with Crippen molar-refractivity contribution in [3.8, 4) is 17.0 Å². The minimum atomic E-state index is -0.326. The number of carbonyl (C=O) groups excluding carboxylic acids is 1. The molecule has 1 fully saturated rings. The second-order valence-corrected chi connectivity index (χ2v) is 8.36. The summed E-state index contributed by atoms with van der Waals surface area (Å²) in [6, 6.07) is 12.9. The summed E-state index contributed by atoms with van der Waals surface area (Å²) in [7, 11) is 0. The van der Waals surface area contributed by atoms with Gasteiger partial charge in [0, 0.05) is 25.2 Å². The van der Waals surface area contributed by atoms with Gasteiger partial charge in [-0.15, -0.1) is 0 Å². The molecule has 0 aliphatic carbocycles. The lowest BCUT2D eigenvalue weighted by molar-refractivity contribution is 0.0636. The van der Waals surface area contributed by atoms with E-state index in [0.717, 1.165) is 16.7 Å². The number of amides is 1. The van der Waals surface area contributed by atoms with E-state index in [2.05, 4.69) is 15.5 Å². The summed E-state index contributed by atoms with van der Waals surface area (Å²) in [4.78, 5) is 20.4. The molecule has 0 saturated carbocycles. The minimum Gasteiger partial charge on any atom is -0.508 e. The maximum absolute atomic E-state index is 14.0. The second kappa shape index (κ2) is 8.29. The van der Waals surface area contributed by atoms with Crippen LogP contribution in [0.3, 0.4) is 0 Å². The number of aromatic nitrogens is 3. The first-order chi connectivity index (χ1) is 15.9. The van der Waals surface area contributed by atoms with Crippen molar-refractivity contribution in [2.24, 2.45) is 0 Å². The van der Waals surface area contributed by atoms with E-state index in [0.29, 0.717) is 47.6 Å². The number of benzene rings is 2. The van der Waals surface area contributed by atoms with E-state index in [9.17, 15) is 14.3 Å². The number of nitrogens with zero attached hydrogens (tertiary/aromatic N) is 3. The lowest BCUT2D eigenvalue weighted by atomic mass is 9.98. The molecule has 5 rings (SSSR count). The summed E-state index contributed by atoms with van der Waals surface area (Å²) in [6.07, 6.45) is 0. The van der Waals surface area contributed by atoms with Gasteiger partial charge < -0.3 is 15.3 Å². The van der Waals surface area contributed by atoms with Gasteiger partial charge in [-0.05, 0) is 61.4 Å². The summed E-state index contributed by atoms with van der Waals surface area (Å²) < 4.78 is 13.9. The third-order valence-corrected chi connectivity index (χ3v) is 6.16. The van der Waals surface area contributed by atoms with Crippen LogP contribution in [0.4, 0.5) is 4.39 Å². The lowest BCUT2D eigenvalue weighted by Gasteiger charge is -2.37. The van der Waals surface area contributed by atoms with Crippen LogP contribution in [0.1, 0.15) is 33.2 Å². The number of phenolic OH excluding ortho intramolecular Hbond substituents is 1. The fourth-order valence-corrected chi connectivity index (χ4v) is 4.54. The highest BCUT2D eigenvalue weighted by Crippen LogP contribution is 2.32. The highest BCUT2D eigenvalue weighted by molar-refractivity contribution is 6.07. The van der Waals surface area contributed by atoms with Crippen molar-refractivity contribution in [2.75, 3.05) is 19.6 Å². The Kier molecular flexibility index (Phi) is 5.30. The molecule has 33 heavy (non-hydrogen) atoms. The molecule has 1 aliphatic rings. The number of H-pyrrole nitrogens is 1. The Morgan fingerprint density at radius 1 is 1.18 bits per heavy atom. The van der Waals surface area contributed by atoms with Gasteiger partial charge in [-0.25, -0.2) is 9.37 Å². The Bertz CT molecular complexity index is 1370. The molecule has 1 aliphatic heterocycles. The van der Waals surface area contributed by atoms with Crippen molar-refractivity contribution in [1.29, 1.82) is 0 Å². The fourth-order valence-electron chi connectivity index (χ4n) is 4.54. The van der Waals surface area contributed by atoms with E-state index in [1.165, 1.54) is 12.1 Å². The van der Waals surface area contributed by atoms with E-state index in [1.807, 2.05) is 19.9 Å². The quantitative estimate of drug-likeness (QED) is 0.445. The Labute approximate surface area is 190 Å². The van der Waals surface area contributed by atoms with Crippen LogP contribution in [0.2, 0.25) is 0 Å². The van der Waals surface area contributed by atoms with E-state index in [-0.39, 0.29) is 23.5 Å². The monoisotopic (exact) mass is 445 g/mol. The van der Waals surface area contributed by atoms with Crippen LogP contribution in [0, 0.1) is 19.7 Å². The molecular weight excluding hydrogens is 421 g/mol. The number of carbonyl (C=O) groups is 1. The molecule has 1 unspecified atom stereocenters. The Hall–Kier alpha value is -3.78. The summed E-state index contributed by atoms with van der Waals surface area (Å²) in [5.41, 5.74) is 4.74. The number of fused-ring (bicyclic) bond motifs is 1. The zero-order chi connectivity index (χ0) is 23.1. The highest BCUT2D eigenvalue weighted by Gasteiger charge is 2.31. The van der Waals surface area contributed by atoms with Crippen LogP contribution in [-0.4, -0.2) is 50.7 Å². The molecule has 1 amide bonds. The minimum absolute atomic E-state index is 0.152. The van der Waals surface area contributed by atoms with Gasteiger partial charge in [-0.2, -0.15) is 5.10 Å². The molecule has 0 radical (unpaired) electrons. The lowest BCUT2D eigenvalue weighted by Crippen LogP contribution is -2.48. The number of halogens is 1. The van der Waals surface area contributed by atoms with E-state index >= 15 is 0 Å². The zero-order valence-corrected chi connectivity index (χ0v) is 18.4. The molecule has 4 aromatic rings. The van der Waals surface area contributed by atoms with Crippen LogP contribution in [0.5, 0.6) is 5.75 Å². The number of piperazine rings is 1. The Morgan fingerprint density at radius 2 is 2.03 bits per heavy atom. The fraction of sp³-hybridized carbons (Fsp3) is 0.240. The number of pyridine rings is 1. The van der Waals surface area contributed by atoms with Crippen molar-refractivity contribution < 1.29 is 14.3 Å². The molecule has 168 valence electrons. The summed E-state index contributed by atoms with van der Waals surface area (Å²) >= 11 is 0. The molecule has 7 nitrogen and oxygen atoms in total. The third-order valence-electron chi connectivity index (χ3n) is 6.16. The first-order valence-corrected chi connectivity index (χ1v) is 10.8. The Morgan fingerprint density at radius 3 is 2.82 bits per heavy atom. The first-order valence-electron chi connectivity index (χ1n) is 10.8. The normalized spacial score (nSPS) is 16.3. The van der Waals surface area contributed by atoms with Crippen molar-refractivity contribution in [1.82, 2.24) is 25.4 Å². The van der Waals surface area contributed by atoms with E-state index in [1.54, 1.807) is 35.2 Å². The maximum Gasteiger partial charge on any atom is 0.255 e. The van der Waals surface area contributed by atoms with Gasteiger partial charge >= 0.3 is 0 Å². The second-order valence-electron chi connectivity index (χ2n) is 8.36. The van der Waals surface area contributed by atoms with Gasteiger partial charge in [0.1, 0.15) is 11.6 Å². The van der Waals surface area contributed by atoms with Gasteiger partial charge in [-0.3, -0.25) is 9.89 Å². The number of aromatic hydroxyl groups is 1. The van der Waals surface area contributed by atoms with Crippen LogP contribution < -0.4 is 5.32 Å². The molecule has 2 aromatic carbocycles. The molecule has 1 saturated heterocycles. The zero-order valence-electron chi connectivity index (χ0n) is 18.4. The van der Waals surface area contributed by atoms with Crippen molar-refractivity contribution >= 4 is 16.9 Å². The van der Waals surface area contributed by atoms with E-state index in [4.69, 9.17) is 4.98 Å². The van der Waals surface area contributed by atoms with Crippen LogP contribution in [-0.2, 0) is 0 Å². The molecule has 0 spiro atoms. The number of rotatable bonds is 3. The average Bonchev–Trinajstić information content (AvgIpc) is 3.19. The van der Waals surface area contributed by atoms with Gasteiger partial charge in [-0.1, -0.05) is 12.1 Å². The number of phenols is 1. The van der Waals surface area contributed by atoms with Gasteiger partial charge in [0.05, 0.1) is 28.4 Å². The average molecular weight is 445 g/mol. The predicted molar refractivity (Wildman–Crippen MR) is 124 cm³/mol. The van der Waals surface area contributed by atoms with Crippen LogP contribution in [0.15, 0.2) is 48.5 Å². The van der Waals surface area contributed by atoms with Gasteiger partial charge in [0.25, 0.3) is 5.91 Å². The summed E-state index contributed by atoms with van der Waals surface area (Å²) in [5.74, 6) is -0.308. The molecular formula is C25H24FN5O2. The molecule has 1 atom stereocenters. The number of nitrogens with one attached hydrogen (secondary N) is 2. The standard InChI is InChI=1S/C25H24FN5O2/c1-14-10-18(32)6-7-19(14)21-12-20(23-15(2)29-30-24(23)28-21)25(33)31-9-8-27-13-22(31)16-4-3-5-17(26)11-16/h3-7,10-12,22,27,32H,8-9,13H2,1-2H3,(H,28,29,30). The van der Waals surface area contributed by atoms with Gasteiger partial charge in [0.2, 0.25) is 0 Å². The smallest absolute Gasteiger partial charge is 0.255 e.